The van der Waals surface area contributed by atoms with Crippen molar-refractivity contribution in [1.29, 1.82) is 5.26 Å². The van der Waals surface area contributed by atoms with Crippen LogP contribution in [0.3, 0.4) is 0 Å². The highest BCUT2D eigenvalue weighted by atomic mass is 16.5. The average molecular weight is 430 g/mol. The summed E-state index contributed by atoms with van der Waals surface area (Å²) in [5.74, 6) is 0.835. The second kappa shape index (κ2) is 8.83. The lowest BCUT2D eigenvalue weighted by Crippen LogP contribution is -2.44. The van der Waals surface area contributed by atoms with Crippen molar-refractivity contribution < 1.29 is 9.32 Å². The number of nitrogens with one attached hydrogen (secondary N) is 1. The van der Waals surface area contributed by atoms with Crippen LogP contribution in [-0.4, -0.2) is 35.2 Å². The predicted octanol–water partition coefficient (Wildman–Crippen LogP) is 4.30. The van der Waals surface area contributed by atoms with E-state index in [-0.39, 0.29) is 17.4 Å². The van der Waals surface area contributed by atoms with Crippen LogP contribution in [0.2, 0.25) is 0 Å². The lowest BCUT2D eigenvalue weighted by molar-refractivity contribution is 0.0931. The van der Waals surface area contributed by atoms with Crippen molar-refractivity contribution in [3.8, 4) is 17.5 Å². The molecule has 1 aromatic heterocycles. The zero-order valence-corrected chi connectivity index (χ0v) is 18.6. The van der Waals surface area contributed by atoms with Crippen molar-refractivity contribution in [3.63, 3.8) is 0 Å². The summed E-state index contributed by atoms with van der Waals surface area (Å²) in [6, 6.07) is 17.2. The van der Waals surface area contributed by atoms with Gasteiger partial charge >= 0.3 is 0 Å². The molecule has 1 N–H and O–H groups in total. The third kappa shape index (κ3) is 4.65. The number of carbonyl (C=O) groups is 1. The fourth-order valence-corrected chi connectivity index (χ4v) is 3.80. The summed E-state index contributed by atoms with van der Waals surface area (Å²) in [4.78, 5) is 19.9. The minimum atomic E-state index is -0.234. The Morgan fingerprint density at radius 3 is 2.44 bits per heavy atom. The van der Waals surface area contributed by atoms with E-state index in [1.165, 1.54) is 0 Å². The van der Waals surface area contributed by atoms with E-state index >= 15 is 0 Å². The Labute approximate surface area is 188 Å². The second-order valence-corrected chi connectivity index (χ2v) is 9.11. The Bertz CT molecular complexity index is 1130. The molecule has 1 saturated heterocycles. The number of rotatable bonds is 4. The molecule has 0 bridgehead atoms. The standard InChI is InChI=1S/C25H27N5O2/c1-25(2,3)24-28-23(32-29-24)21-7-5-4-6-20(21)22(31)27-18-12-14-30(15-13-18)19-10-8-17(16-26)9-11-19/h4-11,18H,12-15H2,1-3H3,(H,27,31). The first-order chi connectivity index (χ1) is 15.3. The van der Waals surface area contributed by atoms with Crippen molar-refractivity contribution in [2.24, 2.45) is 0 Å². The monoisotopic (exact) mass is 429 g/mol. The molecule has 0 atom stereocenters. The van der Waals surface area contributed by atoms with Crippen LogP contribution in [0.5, 0.6) is 0 Å². The summed E-state index contributed by atoms with van der Waals surface area (Å²) in [6.45, 7) is 7.74. The highest BCUT2D eigenvalue weighted by Crippen LogP contribution is 2.27. The molecule has 3 aromatic rings. The van der Waals surface area contributed by atoms with E-state index in [1.54, 1.807) is 6.07 Å². The van der Waals surface area contributed by atoms with Crippen molar-refractivity contribution in [2.75, 3.05) is 18.0 Å². The van der Waals surface area contributed by atoms with Crippen molar-refractivity contribution in [2.45, 2.75) is 45.1 Å². The predicted molar refractivity (Wildman–Crippen MR) is 122 cm³/mol. The smallest absolute Gasteiger partial charge is 0.258 e. The largest absolute Gasteiger partial charge is 0.371 e. The van der Waals surface area contributed by atoms with Gasteiger partial charge in [0.1, 0.15) is 0 Å². The molecule has 0 saturated carbocycles. The van der Waals surface area contributed by atoms with Gasteiger partial charge in [-0.3, -0.25) is 4.79 Å². The Hall–Kier alpha value is -3.66. The van der Waals surface area contributed by atoms with Crippen LogP contribution < -0.4 is 10.2 Å². The van der Waals surface area contributed by atoms with Crippen molar-refractivity contribution in [3.05, 3.63) is 65.5 Å². The number of piperidine rings is 1. The maximum atomic E-state index is 13.1. The quantitative estimate of drug-likeness (QED) is 0.664. The van der Waals surface area contributed by atoms with Crippen LogP contribution in [0.4, 0.5) is 5.69 Å². The Morgan fingerprint density at radius 1 is 1.12 bits per heavy atom. The molecule has 2 aromatic carbocycles. The van der Waals surface area contributed by atoms with Gasteiger partial charge in [0.15, 0.2) is 5.82 Å². The Morgan fingerprint density at radius 2 is 1.81 bits per heavy atom. The van der Waals surface area contributed by atoms with Crippen molar-refractivity contribution in [1.82, 2.24) is 15.5 Å². The third-order valence-electron chi connectivity index (χ3n) is 5.69. The number of aromatic nitrogens is 2. The second-order valence-electron chi connectivity index (χ2n) is 9.11. The molecule has 0 unspecified atom stereocenters. The summed E-state index contributed by atoms with van der Waals surface area (Å²) < 4.78 is 5.47. The van der Waals surface area contributed by atoms with Gasteiger partial charge in [-0.25, -0.2) is 0 Å². The van der Waals surface area contributed by atoms with Gasteiger partial charge in [0.05, 0.1) is 22.8 Å². The van der Waals surface area contributed by atoms with Gasteiger partial charge in [-0.05, 0) is 49.2 Å². The van der Waals surface area contributed by atoms with Gasteiger partial charge in [0.2, 0.25) is 0 Å². The number of anilines is 1. The van der Waals surface area contributed by atoms with Crippen LogP contribution >= 0.6 is 0 Å². The maximum Gasteiger partial charge on any atom is 0.258 e. The minimum absolute atomic E-state index is 0.0954. The van der Waals surface area contributed by atoms with Crippen LogP contribution in [-0.2, 0) is 5.41 Å². The van der Waals surface area contributed by atoms with Gasteiger partial charge in [-0.2, -0.15) is 10.2 Å². The van der Waals surface area contributed by atoms with E-state index in [2.05, 4.69) is 26.4 Å². The number of carbonyl (C=O) groups excluding carboxylic acids is 1. The normalized spacial score (nSPS) is 14.8. The summed E-state index contributed by atoms with van der Waals surface area (Å²) in [5, 5.41) is 16.2. The molecule has 0 aliphatic carbocycles. The molecule has 1 aliphatic rings. The van der Waals surface area contributed by atoms with E-state index in [4.69, 9.17) is 9.78 Å². The highest BCUT2D eigenvalue weighted by Gasteiger charge is 2.26. The lowest BCUT2D eigenvalue weighted by Gasteiger charge is -2.34. The molecular weight excluding hydrogens is 402 g/mol. The molecule has 1 fully saturated rings. The van der Waals surface area contributed by atoms with Crippen LogP contribution in [0.25, 0.3) is 11.5 Å². The fourth-order valence-electron chi connectivity index (χ4n) is 3.80. The number of nitrogens with zero attached hydrogens (tertiary/aromatic N) is 4. The first-order valence-electron chi connectivity index (χ1n) is 10.8. The van der Waals surface area contributed by atoms with E-state index in [0.29, 0.717) is 28.4 Å². The van der Waals surface area contributed by atoms with E-state index < -0.39 is 0 Å². The summed E-state index contributed by atoms with van der Waals surface area (Å²) in [6.07, 6.45) is 1.70. The summed E-state index contributed by atoms with van der Waals surface area (Å²) >= 11 is 0. The average Bonchev–Trinajstić information content (AvgIpc) is 3.31. The maximum absolute atomic E-state index is 13.1. The Kier molecular flexibility index (Phi) is 5.95. The van der Waals surface area contributed by atoms with Gasteiger partial charge in [-0.1, -0.05) is 38.1 Å². The van der Waals surface area contributed by atoms with Gasteiger partial charge in [0.25, 0.3) is 11.8 Å². The number of nitriles is 1. The topological polar surface area (TPSA) is 95.0 Å². The first-order valence-corrected chi connectivity index (χ1v) is 10.8. The molecule has 164 valence electrons. The molecule has 4 rings (SSSR count). The molecule has 7 nitrogen and oxygen atoms in total. The number of benzene rings is 2. The van der Waals surface area contributed by atoms with E-state index in [1.807, 2.05) is 63.2 Å². The van der Waals surface area contributed by atoms with Crippen LogP contribution in [0, 0.1) is 11.3 Å². The van der Waals surface area contributed by atoms with Gasteiger partial charge < -0.3 is 14.7 Å². The molecular formula is C25H27N5O2. The molecule has 2 heterocycles. The first kappa shape index (κ1) is 21.6. The van der Waals surface area contributed by atoms with Gasteiger partial charge in [-0.15, -0.1) is 0 Å². The van der Waals surface area contributed by atoms with Crippen LogP contribution in [0.1, 0.15) is 55.4 Å². The number of hydrogen-bond donors (Lipinski definition) is 1. The molecule has 0 spiro atoms. The number of amides is 1. The minimum Gasteiger partial charge on any atom is -0.371 e. The fraction of sp³-hybridized carbons (Fsp3) is 0.360. The van der Waals surface area contributed by atoms with E-state index in [9.17, 15) is 4.79 Å². The molecule has 0 radical (unpaired) electrons. The van der Waals surface area contributed by atoms with E-state index in [0.717, 1.165) is 31.6 Å². The zero-order valence-electron chi connectivity index (χ0n) is 18.6. The van der Waals surface area contributed by atoms with Crippen LogP contribution in [0.15, 0.2) is 53.1 Å². The Balaban J connectivity index is 1.42. The molecule has 1 aliphatic heterocycles. The van der Waals surface area contributed by atoms with Gasteiger partial charge in [0, 0.05) is 30.2 Å². The van der Waals surface area contributed by atoms with Crippen molar-refractivity contribution >= 4 is 11.6 Å². The number of hydrogen-bond acceptors (Lipinski definition) is 6. The summed E-state index contributed by atoms with van der Waals surface area (Å²) in [5.41, 5.74) is 2.70. The molecule has 1 amide bonds. The zero-order chi connectivity index (χ0) is 22.7. The third-order valence-corrected chi connectivity index (χ3v) is 5.69. The SMILES string of the molecule is CC(C)(C)c1noc(-c2ccccc2C(=O)NC2CCN(c3ccc(C#N)cc3)CC2)n1. The highest BCUT2D eigenvalue weighted by molar-refractivity contribution is 6.00. The lowest BCUT2D eigenvalue weighted by atomic mass is 9.96. The molecule has 7 heteroatoms. The molecule has 32 heavy (non-hydrogen) atoms. The summed E-state index contributed by atoms with van der Waals surface area (Å²) in [7, 11) is 0.